The van der Waals surface area contributed by atoms with E-state index >= 15 is 0 Å². The lowest BCUT2D eigenvalue weighted by atomic mass is 10.0. The van der Waals surface area contributed by atoms with E-state index in [1.165, 1.54) is 6.07 Å². The molecule has 1 amide bonds. The quantitative estimate of drug-likeness (QED) is 0.861. The average Bonchev–Trinajstić information content (AvgIpc) is 3.07. The second-order valence-corrected chi connectivity index (χ2v) is 6.72. The molecule has 0 radical (unpaired) electrons. The zero-order chi connectivity index (χ0) is 17.3. The van der Waals surface area contributed by atoms with Gasteiger partial charge in [-0.3, -0.25) is 4.79 Å². The zero-order valence-electron chi connectivity index (χ0n) is 14.4. The Hall–Kier alpha value is -2.20. The van der Waals surface area contributed by atoms with Gasteiger partial charge in [0, 0.05) is 30.3 Å². The molecule has 126 valence electrons. The third kappa shape index (κ3) is 3.34. The second-order valence-electron chi connectivity index (χ2n) is 6.72. The van der Waals surface area contributed by atoms with Crippen LogP contribution in [0.5, 0.6) is 0 Å². The number of benzene rings is 2. The van der Waals surface area contributed by atoms with Gasteiger partial charge < -0.3 is 9.80 Å². The number of aryl methyl sites for hydroxylation is 1. The lowest BCUT2D eigenvalue weighted by molar-refractivity contribution is 0.0783. The summed E-state index contributed by atoms with van der Waals surface area (Å²) in [4.78, 5) is 16.7. The van der Waals surface area contributed by atoms with Crippen LogP contribution in [0.25, 0.3) is 11.1 Å². The van der Waals surface area contributed by atoms with Crippen LogP contribution in [0.15, 0.2) is 42.5 Å². The molecule has 1 heterocycles. The zero-order valence-corrected chi connectivity index (χ0v) is 14.4. The van der Waals surface area contributed by atoms with Gasteiger partial charge in [-0.1, -0.05) is 23.8 Å². The Morgan fingerprint density at radius 3 is 2.50 bits per heavy atom. The van der Waals surface area contributed by atoms with E-state index in [1.54, 1.807) is 18.2 Å². The van der Waals surface area contributed by atoms with E-state index in [4.69, 9.17) is 0 Å². The summed E-state index contributed by atoms with van der Waals surface area (Å²) in [6.45, 7) is 3.49. The lowest BCUT2D eigenvalue weighted by Crippen LogP contribution is -2.34. The van der Waals surface area contributed by atoms with Crippen molar-refractivity contribution in [3.05, 3.63) is 59.4 Å². The highest BCUT2D eigenvalue weighted by atomic mass is 19.1. The van der Waals surface area contributed by atoms with E-state index in [1.807, 2.05) is 44.1 Å². The first-order valence-corrected chi connectivity index (χ1v) is 8.28. The predicted molar refractivity (Wildman–Crippen MR) is 94.6 cm³/mol. The summed E-state index contributed by atoms with van der Waals surface area (Å²) in [6.07, 6.45) is 1.01. The fourth-order valence-corrected chi connectivity index (χ4v) is 3.18. The topological polar surface area (TPSA) is 23.6 Å². The summed E-state index contributed by atoms with van der Waals surface area (Å²) < 4.78 is 14.0. The molecule has 0 aliphatic carbocycles. The van der Waals surface area contributed by atoms with Crippen molar-refractivity contribution in [1.82, 2.24) is 9.80 Å². The van der Waals surface area contributed by atoms with Crippen LogP contribution >= 0.6 is 0 Å². The molecule has 2 aromatic carbocycles. The van der Waals surface area contributed by atoms with E-state index < -0.39 is 0 Å². The molecular formula is C20H23FN2O. The SMILES string of the molecule is Cc1ccc(F)c(-c2ccc(C(=O)N3CCC(N(C)C)C3)cc2)c1. The largest absolute Gasteiger partial charge is 0.337 e. The molecule has 0 spiro atoms. The Balaban J connectivity index is 1.77. The maximum absolute atomic E-state index is 14.0. The monoisotopic (exact) mass is 326 g/mol. The molecule has 0 aromatic heterocycles. The van der Waals surface area contributed by atoms with Gasteiger partial charge in [-0.05, 0) is 57.3 Å². The standard InChI is InChI=1S/C20H23FN2O/c1-14-4-9-19(21)18(12-14)15-5-7-16(8-6-15)20(24)23-11-10-17(13-23)22(2)3/h4-9,12,17H,10-11,13H2,1-3H3. The predicted octanol–water partition coefficient (Wildman–Crippen LogP) is 3.58. The first-order chi connectivity index (χ1) is 11.5. The van der Waals surface area contributed by atoms with Crippen LogP contribution in [0, 0.1) is 12.7 Å². The number of hydrogen-bond acceptors (Lipinski definition) is 2. The second kappa shape index (κ2) is 6.73. The van der Waals surface area contributed by atoms with Crippen LogP contribution < -0.4 is 0 Å². The van der Waals surface area contributed by atoms with Crippen LogP contribution in [-0.4, -0.2) is 48.9 Å². The molecule has 0 N–H and O–H groups in total. The third-order valence-corrected chi connectivity index (χ3v) is 4.75. The number of likely N-dealkylation sites (tertiary alicyclic amines) is 1. The maximum atomic E-state index is 14.0. The van der Waals surface area contributed by atoms with Crippen molar-refractivity contribution in [3.63, 3.8) is 0 Å². The summed E-state index contributed by atoms with van der Waals surface area (Å²) in [5.74, 6) is -0.191. The smallest absolute Gasteiger partial charge is 0.253 e. The van der Waals surface area contributed by atoms with Gasteiger partial charge in [0.15, 0.2) is 0 Å². The van der Waals surface area contributed by atoms with Gasteiger partial charge in [0.25, 0.3) is 5.91 Å². The van der Waals surface area contributed by atoms with E-state index in [0.717, 1.165) is 30.6 Å². The molecular weight excluding hydrogens is 303 g/mol. The van der Waals surface area contributed by atoms with Gasteiger partial charge in [0.05, 0.1) is 0 Å². The molecule has 24 heavy (non-hydrogen) atoms. The van der Waals surface area contributed by atoms with E-state index in [9.17, 15) is 9.18 Å². The van der Waals surface area contributed by atoms with Gasteiger partial charge >= 0.3 is 0 Å². The maximum Gasteiger partial charge on any atom is 0.253 e. The summed E-state index contributed by atoms with van der Waals surface area (Å²) in [7, 11) is 4.09. The minimum absolute atomic E-state index is 0.0515. The van der Waals surface area contributed by atoms with Gasteiger partial charge in [0.2, 0.25) is 0 Å². The first kappa shape index (κ1) is 16.7. The van der Waals surface area contributed by atoms with Crippen molar-refractivity contribution >= 4 is 5.91 Å². The molecule has 0 bridgehead atoms. The highest BCUT2D eigenvalue weighted by Crippen LogP contribution is 2.25. The molecule has 1 aliphatic heterocycles. The van der Waals surface area contributed by atoms with Crippen molar-refractivity contribution in [1.29, 1.82) is 0 Å². The lowest BCUT2D eigenvalue weighted by Gasteiger charge is -2.20. The van der Waals surface area contributed by atoms with E-state index in [0.29, 0.717) is 17.2 Å². The Kier molecular flexibility index (Phi) is 4.67. The summed E-state index contributed by atoms with van der Waals surface area (Å²) in [5, 5.41) is 0. The highest BCUT2D eigenvalue weighted by Gasteiger charge is 2.27. The Labute approximate surface area is 142 Å². The minimum Gasteiger partial charge on any atom is -0.337 e. The number of hydrogen-bond donors (Lipinski definition) is 0. The van der Waals surface area contributed by atoms with Crippen molar-refractivity contribution in [2.75, 3.05) is 27.2 Å². The van der Waals surface area contributed by atoms with Gasteiger partial charge in [-0.25, -0.2) is 4.39 Å². The number of carbonyl (C=O) groups excluding carboxylic acids is 1. The molecule has 0 saturated carbocycles. The number of carbonyl (C=O) groups is 1. The number of amides is 1. The normalized spacial score (nSPS) is 17.5. The number of halogens is 1. The van der Waals surface area contributed by atoms with Gasteiger partial charge in [-0.2, -0.15) is 0 Å². The molecule has 2 aromatic rings. The number of nitrogens with zero attached hydrogens (tertiary/aromatic N) is 2. The van der Waals surface area contributed by atoms with Crippen LogP contribution in [0.4, 0.5) is 4.39 Å². The van der Waals surface area contributed by atoms with Crippen LogP contribution in [0.1, 0.15) is 22.3 Å². The summed E-state index contributed by atoms with van der Waals surface area (Å²) >= 11 is 0. The summed E-state index contributed by atoms with van der Waals surface area (Å²) in [5.41, 5.74) is 3.03. The van der Waals surface area contributed by atoms with Crippen molar-refractivity contribution in [2.24, 2.45) is 0 Å². The minimum atomic E-state index is -0.243. The van der Waals surface area contributed by atoms with Crippen molar-refractivity contribution < 1.29 is 9.18 Å². The number of likely N-dealkylation sites (N-methyl/N-ethyl adjacent to an activating group) is 1. The molecule has 1 atom stereocenters. The molecule has 3 rings (SSSR count). The van der Waals surface area contributed by atoms with Crippen LogP contribution in [0.2, 0.25) is 0 Å². The Morgan fingerprint density at radius 2 is 1.88 bits per heavy atom. The first-order valence-electron chi connectivity index (χ1n) is 8.28. The molecule has 1 aliphatic rings. The Bertz CT molecular complexity index is 740. The van der Waals surface area contributed by atoms with Gasteiger partial charge in [0.1, 0.15) is 5.82 Å². The fraction of sp³-hybridized carbons (Fsp3) is 0.350. The van der Waals surface area contributed by atoms with Crippen LogP contribution in [0.3, 0.4) is 0 Å². The molecule has 1 fully saturated rings. The third-order valence-electron chi connectivity index (χ3n) is 4.75. The fourth-order valence-electron chi connectivity index (χ4n) is 3.18. The number of rotatable bonds is 3. The molecule has 4 heteroatoms. The van der Waals surface area contributed by atoms with Crippen molar-refractivity contribution in [3.8, 4) is 11.1 Å². The highest BCUT2D eigenvalue weighted by molar-refractivity contribution is 5.95. The Morgan fingerprint density at radius 1 is 1.17 bits per heavy atom. The molecule has 1 saturated heterocycles. The van der Waals surface area contributed by atoms with Crippen molar-refractivity contribution in [2.45, 2.75) is 19.4 Å². The van der Waals surface area contributed by atoms with Crippen LogP contribution in [-0.2, 0) is 0 Å². The molecule has 1 unspecified atom stereocenters. The summed E-state index contributed by atoms with van der Waals surface area (Å²) in [6, 6.07) is 12.7. The average molecular weight is 326 g/mol. The van der Waals surface area contributed by atoms with E-state index in [2.05, 4.69) is 4.90 Å². The molecule has 3 nitrogen and oxygen atoms in total. The van der Waals surface area contributed by atoms with E-state index in [-0.39, 0.29) is 11.7 Å². The van der Waals surface area contributed by atoms with Gasteiger partial charge in [-0.15, -0.1) is 0 Å².